The molecule has 0 saturated carbocycles. The van der Waals surface area contributed by atoms with Crippen molar-refractivity contribution in [2.45, 2.75) is 13.0 Å². The first-order valence-corrected chi connectivity index (χ1v) is 6.00. The molecule has 20 heavy (non-hydrogen) atoms. The molecule has 1 aromatic heterocycles. The van der Waals surface area contributed by atoms with Crippen molar-refractivity contribution < 1.29 is 18.7 Å². The molecule has 2 aromatic rings. The molecule has 0 aliphatic rings. The van der Waals surface area contributed by atoms with Gasteiger partial charge < -0.3 is 15.0 Å². The third kappa shape index (κ3) is 3.31. The standard InChI is InChI=1S/C13H13F2N3O2/c14-10-6-9(13(19)20)7-11(15)12(10)17-2-1-4-18-5-3-16-8-18/h3,5-8,17H,1-2,4H2,(H,19,20). The fourth-order valence-corrected chi connectivity index (χ4v) is 1.76. The first kappa shape index (κ1) is 14.0. The van der Waals surface area contributed by atoms with Crippen LogP contribution in [0.15, 0.2) is 30.9 Å². The Bertz CT molecular complexity index is 577. The van der Waals surface area contributed by atoms with Crippen molar-refractivity contribution in [3.63, 3.8) is 0 Å². The molecule has 2 rings (SSSR count). The van der Waals surface area contributed by atoms with Crippen molar-refractivity contribution in [3.8, 4) is 0 Å². The molecule has 7 heteroatoms. The third-order valence-corrected chi connectivity index (χ3v) is 2.74. The molecule has 0 radical (unpaired) electrons. The highest BCUT2D eigenvalue weighted by atomic mass is 19.1. The summed E-state index contributed by atoms with van der Waals surface area (Å²) >= 11 is 0. The van der Waals surface area contributed by atoms with E-state index in [1.54, 1.807) is 18.7 Å². The summed E-state index contributed by atoms with van der Waals surface area (Å²) in [7, 11) is 0. The summed E-state index contributed by atoms with van der Waals surface area (Å²) < 4.78 is 29.0. The second-order valence-electron chi connectivity index (χ2n) is 4.20. The maximum absolute atomic E-state index is 13.6. The van der Waals surface area contributed by atoms with Gasteiger partial charge in [-0.15, -0.1) is 0 Å². The fraction of sp³-hybridized carbons (Fsp3) is 0.231. The van der Waals surface area contributed by atoms with E-state index in [2.05, 4.69) is 10.3 Å². The van der Waals surface area contributed by atoms with Crippen LogP contribution in [0.4, 0.5) is 14.5 Å². The van der Waals surface area contributed by atoms with Gasteiger partial charge in [-0.1, -0.05) is 0 Å². The number of aromatic carboxylic acids is 1. The molecule has 2 N–H and O–H groups in total. The topological polar surface area (TPSA) is 67.2 Å². The van der Waals surface area contributed by atoms with Crippen LogP contribution in [0.5, 0.6) is 0 Å². The number of nitrogens with one attached hydrogen (secondary N) is 1. The Labute approximate surface area is 113 Å². The van der Waals surface area contributed by atoms with Crippen molar-refractivity contribution >= 4 is 11.7 Å². The van der Waals surface area contributed by atoms with Crippen LogP contribution in [-0.2, 0) is 6.54 Å². The summed E-state index contributed by atoms with van der Waals surface area (Å²) in [6.07, 6.45) is 5.75. The van der Waals surface area contributed by atoms with E-state index in [9.17, 15) is 13.6 Å². The van der Waals surface area contributed by atoms with Crippen LogP contribution >= 0.6 is 0 Å². The average molecular weight is 281 g/mol. The van der Waals surface area contributed by atoms with Gasteiger partial charge in [0.25, 0.3) is 0 Å². The lowest BCUT2D eigenvalue weighted by Crippen LogP contribution is -2.10. The molecule has 0 amide bonds. The molecular formula is C13H13F2N3O2. The van der Waals surface area contributed by atoms with Gasteiger partial charge in [-0.25, -0.2) is 18.6 Å². The van der Waals surface area contributed by atoms with Crippen LogP contribution in [0.1, 0.15) is 16.8 Å². The number of rotatable bonds is 6. The van der Waals surface area contributed by atoms with Gasteiger partial charge in [-0.2, -0.15) is 0 Å². The summed E-state index contributed by atoms with van der Waals surface area (Å²) in [6, 6.07) is 1.59. The number of halogens is 2. The Morgan fingerprint density at radius 3 is 2.60 bits per heavy atom. The monoisotopic (exact) mass is 281 g/mol. The van der Waals surface area contributed by atoms with E-state index < -0.39 is 23.2 Å². The minimum absolute atomic E-state index is 0.305. The first-order valence-electron chi connectivity index (χ1n) is 6.00. The number of anilines is 1. The first-order chi connectivity index (χ1) is 9.58. The second kappa shape index (κ2) is 6.14. The maximum Gasteiger partial charge on any atom is 0.335 e. The van der Waals surface area contributed by atoms with E-state index in [1.165, 1.54) is 0 Å². The van der Waals surface area contributed by atoms with Gasteiger partial charge in [-0.3, -0.25) is 0 Å². The maximum atomic E-state index is 13.6. The van der Waals surface area contributed by atoms with Crippen molar-refractivity contribution in [2.24, 2.45) is 0 Å². The van der Waals surface area contributed by atoms with E-state index in [-0.39, 0.29) is 5.69 Å². The van der Waals surface area contributed by atoms with E-state index in [1.807, 2.05) is 4.57 Å². The second-order valence-corrected chi connectivity index (χ2v) is 4.20. The molecule has 1 heterocycles. The highest BCUT2D eigenvalue weighted by molar-refractivity contribution is 5.88. The number of aryl methyl sites for hydroxylation is 1. The molecule has 0 fully saturated rings. The lowest BCUT2D eigenvalue weighted by molar-refractivity contribution is 0.0696. The predicted molar refractivity (Wildman–Crippen MR) is 68.7 cm³/mol. The smallest absolute Gasteiger partial charge is 0.335 e. The van der Waals surface area contributed by atoms with Crippen LogP contribution in [0.3, 0.4) is 0 Å². The predicted octanol–water partition coefficient (Wildman–Crippen LogP) is 2.36. The number of nitrogens with zero attached hydrogens (tertiary/aromatic N) is 2. The number of carboxylic acids is 1. The van der Waals surface area contributed by atoms with Gasteiger partial charge in [0, 0.05) is 25.5 Å². The molecule has 0 spiro atoms. The molecule has 0 aliphatic heterocycles. The number of carboxylic acid groups (broad SMARTS) is 1. The normalized spacial score (nSPS) is 10.5. The van der Waals surface area contributed by atoms with E-state index in [0.29, 0.717) is 19.5 Å². The van der Waals surface area contributed by atoms with Crippen molar-refractivity contribution in [3.05, 3.63) is 48.1 Å². The molecule has 0 bridgehead atoms. The Kier molecular flexibility index (Phi) is 4.29. The molecule has 106 valence electrons. The molecule has 0 atom stereocenters. The highest BCUT2D eigenvalue weighted by Gasteiger charge is 2.14. The minimum Gasteiger partial charge on any atom is -0.478 e. The number of hydrogen-bond acceptors (Lipinski definition) is 3. The molecule has 1 aromatic carbocycles. The Morgan fingerprint density at radius 2 is 2.05 bits per heavy atom. The summed E-state index contributed by atoms with van der Waals surface area (Å²) in [5.74, 6) is -3.19. The number of hydrogen-bond donors (Lipinski definition) is 2. The third-order valence-electron chi connectivity index (χ3n) is 2.74. The zero-order valence-corrected chi connectivity index (χ0v) is 10.5. The molecule has 0 saturated heterocycles. The lowest BCUT2D eigenvalue weighted by atomic mass is 10.2. The number of imidazole rings is 1. The van der Waals surface area contributed by atoms with Crippen LogP contribution < -0.4 is 5.32 Å². The quantitative estimate of drug-likeness (QED) is 0.798. The molecule has 0 unspecified atom stereocenters. The molecule has 5 nitrogen and oxygen atoms in total. The number of aromatic nitrogens is 2. The van der Waals surface area contributed by atoms with Crippen LogP contribution in [0.25, 0.3) is 0 Å². The Balaban J connectivity index is 1.94. The summed E-state index contributed by atoms with van der Waals surface area (Å²) in [4.78, 5) is 14.5. The largest absolute Gasteiger partial charge is 0.478 e. The molecular weight excluding hydrogens is 268 g/mol. The zero-order valence-electron chi connectivity index (χ0n) is 10.5. The van der Waals surface area contributed by atoms with Crippen LogP contribution in [0, 0.1) is 11.6 Å². The van der Waals surface area contributed by atoms with E-state index >= 15 is 0 Å². The number of benzene rings is 1. The van der Waals surface area contributed by atoms with E-state index in [4.69, 9.17) is 5.11 Å². The van der Waals surface area contributed by atoms with Gasteiger partial charge in [0.1, 0.15) is 17.3 Å². The van der Waals surface area contributed by atoms with Crippen LogP contribution in [-0.4, -0.2) is 27.2 Å². The van der Waals surface area contributed by atoms with E-state index in [0.717, 1.165) is 12.1 Å². The highest BCUT2D eigenvalue weighted by Crippen LogP contribution is 2.20. The number of carbonyl (C=O) groups is 1. The van der Waals surface area contributed by atoms with Crippen molar-refractivity contribution in [2.75, 3.05) is 11.9 Å². The minimum atomic E-state index is -1.37. The van der Waals surface area contributed by atoms with Crippen LogP contribution in [0.2, 0.25) is 0 Å². The van der Waals surface area contributed by atoms with Gasteiger partial charge in [-0.05, 0) is 18.6 Å². The van der Waals surface area contributed by atoms with Crippen molar-refractivity contribution in [1.82, 2.24) is 9.55 Å². The van der Waals surface area contributed by atoms with Crippen molar-refractivity contribution in [1.29, 1.82) is 0 Å². The summed E-state index contributed by atoms with van der Waals surface area (Å²) in [5.41, 5.74) is -0.718. The van der Waals surface area contributed by atoms with Gasteiger partial charge in [0.2, 0.25) is 0 Å². The zero-order chi connectivity index (χ0) is 14.5. The Hall–Kier alpha value is -2.44. The SMILES string of the molecule is O=C(O)c1cc(F)c(NCCCn2ccnc2)c(F)c1. The molecule has 0 aliphatic carbocycles. The Morgan fingerprint density at radius 1 is 1.35 bits per heavy atom. The summed E-state index contributed by atoms with van der Waals surface area (Å²) in [5, 5.41) is 11.3. The van der Waals surface area contributed by atoms with Gasteiger partial charge in [0.05, 0.1) is 11.9 Å². The average Bonchev–Trinajstić information content (AvgIpc) is 2.89. The lowest BCUT2D eigenvalue weighted by Gasteiger charge is -2.09. The fourth-order valence-electron chi connectivity index (χ4n) is 1.76. The van der Waals surface area contributed by atoms with Gasteiger partial charge in [0.15, 0.2) is 0 Å². The summed E-state index contributed by atoms with van der Waals surface area (Å²) in [6.45, 7) is 1.03. The van der Waals surface area contributed by atoms with Gasteiger partial charge >= 0.3 is 5.97 Å².